The SMILES string of the molecule is CCC(c1nc2ccccc2c(=O)n1-c1ccccc1)N(CCCOC)C(=O)c1cc(OC)cc(OC)c1. The number of benzene rings is 3. The van der Waals surface area contributed by atoms with E-state index in [4.69, 9.17) is 19.2 Å². The number of para-hydroxylation sites is 2. The summed E-state index contributed by atoms with van der Waals surface area (Å²) in [6.07, 6.45) is 1.15. The van der Waals surface area contributed by atoms with Crippen LogP contribution in [-0.4, -0.2) is 54.8 Å². The molecule has 8 nitrogen and oxygen atoms in total. The molecule has 198 valence electrons. The van der Waals surface area contributed by atoms with Crippen molar-refractivity contribution in [3.8, 4) is 17.2 Å². The average molecular weight is 516 g/mol. The molecule has 0 saturated carbocycles. The van der Waals surface area contributed by atoms with Crippen LogP contribution < -0.4 is 15.0 Å². The van der Waals surface area contributed by atoms with Gasteiger partial charge in [0, 0.05) is 31.9 Å². The second-order valence-corrected chi connectivity index (χ2v) is 8.83. The Morgan fingerprint density at radius 3 is 2.24 bits per heavy atom. The van der Waals surface area contributed by atoms with Crippen LogP contribution in [0.2, 0.25) is 0 Å². The molecule has 8 heteroatoms. The maximum atomic E-state index is 14.1. The van der Waals surface area contributed by atoms with Crippen molar-refractivity contribution in [1.29, 1.82) is 0 Å². The third-order valence-corrected chi connectivity index (χ3v) is 6.48. The first-order valence-corrected chi connectivity index (χ1v) is 12.6. The van der Waals surface area contributed by atoms with Crippen molar-refractivity contribution >= 4 is 16.8 Å². The number of methoxy groups -OCH3 is 3. The van der Waals surface area contributed by atoms with E-state index in [2.05, 4.69) is 0 Å². The van der Waals surface area contributed by atoms with Gasteiger partial charge in [-0.25, -0.2) is 4.98 Å². The number of rotatable bonds is 11. The summed E-state index contributed by atoms with van der Waals surface area (Å²) in [6.45, 7) is 2.88. The van der Waals surface area contributed by atoms with E-state index < -0.39 is 6.04 Å². The van der Waals surface area contributed by atoms with Gasteiger partial charge in [0.25, 0.3) is 11.5 Å². The molecule has 0 fully saturated rings. The minimum absolute atomic E-state index is 0.178. The molecule has 1 unspecified atom stereocenters. The summed E-state index contributed by atoms with van der Waals surface area (Å²) in [7, 11) is 4.73. The van der Waals surface area contributed by atoms with Gasteiger partial charge >= 0.3 is 0 Å². The molecule has 1 atom stereocenters. The van der Waals surface area contributed by atoms with Crippen molar-refractivity contribution in [3.05, 3.63) is 94.5 Å². The smallest absolute Gasteiger partial charge is 0.266 e. The fourth-order valence-electron chi connectivity index (χ4n) is 4.62. The Kier molecular flexibility index (Phi) is 8.76. The molecule has 4 aromatic rings. The van der Waals surface area contributed by atoms with E-state index in [0.29, 0.717) is 65.5 Å². The van der Waals surface area contributed by atoms with Crippen LogP contribution in [0.15, 0.2) is 77.6 Å². The number of amides is 1. The molecule has 4 rings (SSSR count). The number of fused-ring (bicyclic) bond motifs is 1. The highest BCUT2D eigenvalue weighted by atomic mass is 16.5. The van der Waals surface area contributed by atoms with Crippen LogP contribution in [0.5, 0.6) is 11.5 Å². The van der Waals surface area contributed by atoms with E-state index in [1.807, 2.05) is 55.5 Å². The third kappa shape index (κ3) is 5.55. The van der Waals surface area contributed by atoms with Crippen LogP contribution in [0.1, 0.15) is 42.0 Å². The number of aromatic nitrogens is 2. The molecule has 1 amide bonds. The van der Waals surface area contributed by atoms with Crippen LogP contribution in [-0.2, 0) is 4.74 Å². The molecule has 3 aromatic carbocycles. The zero-order chi connectivity index (χ0) is 27.1. The van der Waals surface area contributed by atoms with E-state index in [-0.39, 0.29) is 11.5 Å². The zero-order valence-electron chi connectivity index (χ0n) is 22.2. The zero-order valence-corrected chi connectivity index (χ0v) is 22.2. The van der Waals surface area contributed by atoms with Gasteiger partial charge in [-0.1, -0.05) is 37.3 Å². The Hall–Kier alpha value is -4.17. The molecule has 0 aliphatic carbocycles. The summed E-state index contributed by atoms with van der Waals surface area (Å²) in [5, 5.41) is 0.518. The summed E-state index contributed by atoms with van der Waals surface area (Å²) in [5.41, 5.74) is 1.52. The van der Waals surface area contributed by atoms with Gasteiger partial charge in [-0.05, 0) is 49.2 Å². The van der Waals surface area contributed by atoms with Crippen LogP contribution >= 0.6 is 0 Å². The molecule has 38 heavy (non-hydrogen) atoms. The lowest BCUT2D eigenvalue weighted by molar-refractivity contribution is 0.0633. The Morgan fingerprint density at radius 2 is 1.61 bits per heavy atom. The summed E-state index contributed by atoms with van der Waals surface area (Å²) in [6, 6.07) is 21.3. The molecule has 0 bridgehead atoms. The van der Waals surface area contributed by atoms with Gasteiger partial charge in [-0.3, -0.25) is 14.2 Å². The number of hydrogen-bond donors (Lipinski definition) is 0. The molecule has 1 heterocycles. The normalized spacial score (nSPS) is 11.8. The molecular formula is C30H33N3O5. The largest absolute Gasteiger partial charge is 0.497 e. The highest BCUT2D eigenvalue weighted by molar-refractivity contribution is 5.95. The average Bonchev–Trinajstić information content (AvgIpc) is 2.96. The summed E-state index contributed by atoms with van der Waals surface area (Å²) in [5.74, 6) is 1.32. The fourth-order valence-corrected chi connectivity index (χ4v) is 4.62. The topological polar surface area (TPSA) is 82.9 Å². The van der Waals surface area contributed by atoms with Crippen molar-refractivity contribution in [3.63, 3.8) is 0 Å². The second kappa shape index (κ2) is 12.4. The lowest BCUT2D eigenvalue weighted by Gasteiger charge is -2.32. The van der Waals surface area contributed by atoms with E-state index in [9.17, 15) is 9.59 Å². The molecular weight excluding hydrogens is 482 g/mol. The summed E-state index contributed by atoms with van der Waals surface area (Å²) >= 11 is 0. The lowest BCUT2D eigenvalue weighted by atomic mass is 10.1. The summed E-state index contributed by atoms with van der Waals surface area (Å²) in [4.78, 5) is 34.7. The van der Waals surface area contributed by atoms with Crippen molar-refractivity contribution in [2.45, 2.75) is 25.8 Å². The first kappa shape index (κ1) is 26.9. The van der Waals surface area contributed by atoms with E-state index in [1.165, 1.54) is 0 Å². The third-order valence-electron chi connectivity index (χ3n) is 6.48. The lowest BCUT2D eigenvalue weighted by Crippen LogP contribution is -2.39. The maximum absolute atomic E-state index is 14.1. The molecule has 0 radical (unpaired) electrons. The van der Waals surface area contributed by atoms with Gasteiger partial charge in [0.2, 0.25) is 0 Å². The number of hydrogen-bond acceptors (Lipinski definition) is 6. The van der Waals surface area contributed by atoms with E-state index in [0.717, 1.165) is 0 Å². The monoisotopic (exact) mass is 515 g/mol. The van der Waals surface area contributed by atoms with Crippen LogP contribution in [0.25, 0.3) is 16.6 Å². The van der Waals surface area contributed by atoms with Gasteiger partial charge in [-0.15, -0.1) is 0 Å². The highest BCUT2D eigenvalue weighted by Crippen LogP contribution is 2.30. The van der Waals surface area contributed by atoms with Crippen molar-refractivity contribution in [1.82, 2.24) is 14.5 Å². The van der Waals surface area contributed by atoms with Crippen molar-refractivity contribution in [2.24, 2.45) is 0 Å². The van der Waals surface area contributed by atoms with Gasteiger partial charge in [0.05, 0.1) is 36.9 Å². The molecule has 0 spiro atoms. The van der Waals surface area contributed by atoms with Gasteiger partial charge in [0.1, 0.15) is 17.3 Å². The van der Waals surface area contributed by atoms with Gasteiger partial charge < -0.3 is 19.1 Å². The molecule has 1 aromatic heterocycles. The Morgan fingerprint density at radius 1 is 0.947 bits per heavy atom. The fraction of sp³-hybridized carbons (Fsp3) is 0.300. The number of nitrogens with zero attached hydrogens (tertiary/aromatic N) is 3. The maximum Gasteiger partial charge on any atom is 0.266 e. The Labute approximate surface area is 222 Å². The van der Waals surface area contributed by atoms with E-state index >= 15 is 0 Å². The Bertz CT molecular complexity index is 1430. The minimum atomic E-state index is -0.492. The first-order chi connectivity index (χ1) is 18.5. The molecule has 0 saturated heterocycles. The van der Waals surface area contributed by atoms with Gasteiger partial charge in [0.15, 0.2) is 0 Å². The molecule has 0 N–H and O–H groups in total. The first-order valence-electron chi connectivity index (χ1n) is 12.6. The highest BCUT2D eigenvalue weighted by Gasteiger charge is 2.30. The number of ether oxygens (including phenoxy) is 3. The number of carbonyl (C=O) groups is 1. The molecule has 0 aliphatic rings. The van der Waals surface area contributed by atoms with Crippen molar-refractivity contribution in [2.75, 3.05) is 34.5 Å². The standard InChI is InChI=1S/C30H33N3O5/c1-5-27(32(16-11-17-36-2)29(34)21-18-23(37-3)20-24(19-21)38-4)28-31-26-15-10-9-14-25(26)30(35)33(28)22-12-7-6-8-13-22/h6-10,12-15,18-20,27H,5,11,16-17H2,1-4H3. The van der Waals surface area contributed by atoms with E-state index in [1.54, 1.807) is 55.1 Å². The second-order valence-electron chi connectivity index (χ2n) is 8.83. The van der Waals surface area contributed by atoms with Crippen LogP contribution in [0.4, 0.5) is 0 Å². The molecule has 0 aliphatic heterocycles. The summed E-state index contributed by atoms with van der Waals surface area (Å²) < 4.78 is 17.7. The van der Waals surface area contributed by atoms with Crippen LogP contribution in [0.3, 0.4) is 0 Å². The van der Waals surface area contributed by atoms with Gasteiger partial charge in [-0.2, -0.15) is 0 Å². The predicted molar refractivity (Wildman–Crippen MR) is 147 cm³/mol. The predicted octanol–water partition coefficient (Wildman–Crippen LogP) is 5.03. The quantitative estimate of drug-likeness (QED) is 0.261. The Balaban J connectivity index is 1.91. The van der Waals surface area contributed by atoms with Crippen molar-refractivity contribution < 1.29 is 19.0 Å². The minimum Gasteiger partial charge on any atom is -0.497 e. The number of carbonyl (C=O) groups excluding carboxylic acids is 1. The van der Waals surface area contributed by atoms with Crippen LogP contribution in [0, 0.1) is 0 Å².